The Labute approximate surface area is 114 Å². The van der Waals surface area contributed by atoms with Crippen LogP contribution in [0.25, 0.3) is 0 Å². The number of fused-ring (bicyclic) bond motifs is 2. The largest absolute Gasteiger partial charge is 0.367 e. The summed E-state index contributed by atoms with van der Waals surface area (Å²) >= 11 is 6.45. The maximum atomic E-state index is 6.45. The molecule has 3 atom stereocenters. The van der Waals surface area contributed by atoms with E-state index in [2.05, 4.69) is 17.9 Å². The third-order valence-corrected chi connectivity index (χ3v) is 4.61. The first-order valence-electron chi connectivity index (χ1n) is 6.94. The van der Waals surface area contributed by atoms with Crippen molar-refractivity contribution in [2.24, 2.45) is 11.7 Å². The van der Waals surface area contributed by atoms with Crippen LogP contribution in [0.4, 0.5) is 5.69 Å². The maximum Gasteiger partial charge on any atom is 0.0642 e. The molecule has 2 bridgehead atoms. The molecule has 0 spiro atoms. The molecule has 0 aromatic heterocycles. The van der Waals surface area contributed by atoms with E-state index in [1.165, 1.54) is 37.1 Å². The number of para-hydroxylation sites is 1. The Kier molecular flexibility index (Phi) is 3.25. The normalized spacial score (nSPS) is 27.8. The van der Waals surface area contributed by atoms with E-state index in [4.69, 9.17) is 17.3 Å². The molecule has 0 amide bonds. The molecular formula is C15H21ClN2. The first kappa shape index (κ1) is 12.3. The van der Waals surface area contributed by atoms with Crippen LogP contribution >= 0.6 is 11.6 Å². The van der Waals surface area contributed by atoms with Gasteiger partial charge < -0.3 is 10.6 Å². The third kappa shape index (κ3) is 2.12. The number of rotatable bonds is 3. The molecule has 2 nitrogen and oxygen atoms in total. The summed E-state index contributed by atoms with van der Waals surface area (Å²) in [7, 11) is 0. The second-order valence-corrected chi connectivity index (χ2v) is 6.32. The van der Waals surface area contributed by atoms with Crippen molar-refractivity contribution in [3.05, 3.63) is 28.8 Å². The van der Waals surface area contributed by atoms with E-state index in [-0.39, 0.29) is 6.04 Å². The SMILES string of the molecule is CC(N)Cc1cccc(Cl)c1N1CC2CCC1C2. The van der Waals surface area contributed by atoms with E-state index in [1.807, 2.05) is 12.1 Å². The number of halogens is 1. The number of anilines is 1. The molecule has 1 saturated heterocycles. The second kappa shape index (κ2) is 4.75. The quantitative estimate of drug-likeness (QED) is 0.908. The average Bonchev–Trinajstić information content (AvgIpc) is 2.90. The minimum absolute atomic E-state index is 0.182. The van der Waals surface area contributed by atoms with E-state index < -0.39 is 0 Å². The lowest BCUT2D eigenvalue weighted by Crippen LogP contribution is -2.33. The summed E-state index contributed by atoms with van der Waals surface area (Å²) in [6, 6.07) is 7.12. The third-order valence-electron chi connectivity index (χ3n) is 4.31. The molecule has 1 aromatic carbocycles. The predicted molar refractivity (Wildman–Crippen MR) is 77.3 cm³/mol. The van der Waals surface area contributed by atoms with Gasteiger partial charge in [0.05, 0.1) is 10.7 Å². The van der Waals surface area contributed by atoms with Crippen LogP contribution in [0.3, 0.4) is 0 Å². The van der Waals surface area contributed by atoms with Crippen LogP contribution in [0.15, 0.2) is 18.2 Å². The zero-order chi connectivity index (χ0) is 12.7. The van der Waals surface area contributed by atoms with Crippen molar-refractivity contribution in [2.75, 3.05) is 11.4 Å². The van der Waals surface area contributed by atoms with E-state index >= 15 is 0 Å². The van der Waals surface area contributed by atoms with Gasteiger partial charge in [0.15, 0.2) is 0 Å². The summed E-state index contributed by atoms with van der Waals surface area (Å²) in [5.41, 5.74) is 8.52. The Morgan fingerprint density at radius 3 is 2.89 bits per heavy atom. The highest BCUT2D eigenvalue weighted by molar-refractivity contribution is 6.33. The molecule has 0 radical (unpaired) electrons. The molecule has 1 saturated carbocycles. The summed E-state index contributed by atoms with van der Waals surface area (Å²) in [4.78, 5) is 2.54. The van der Waals surface area contributed by atoms with Gasteiger partial charge in [0, 0.05) is 18.6 Å². The number of hydrogen-bond acceptors (Lipinski definition) is 2. The van der Waals surface area contributed by atoms with Crippen LogP contribution in [0.5, 0.6) is 0 Å². The van der Waals surface area contributed by atoms with Crippen LogP contribution in [0, 0.1) is 5.92 Å². The van der Waals surface area contributed by atoms with Crippen LogP contribution in [0.1, 0.15) is 31.7 Å². The molecule has 1 aliphatic carbocycles. The van der Waals surface area contributed by atoms with Crippen molar-refractivity contribution in [1.29, 1.82) is 0 Å². The number of benzene rings is 1. The fourth-order valence-corrected chi connectivity index (χ4v) is 3.89. The van der Waals surface area contributed by atoms with Gasteiger partial charge in [0.25, 0.3) is 0 Å². The molecule has 2 aliphatic rings. The molecule has 1 aromatic rings. The molecule has 1 heterocycles. The molecule has 1 aliphatic heterocycles. The Morgan fingerprint density at radius 1 is 1.44 bits per heavy atom. The Balaban J connectivity index is 1.94. The van der Waals surface area contributed by atoms with Crippen molar-refractivity contribution < 1.29 is 0 Å². The fraction of sp³-hybridized carbons (Fsp3) is 0.600. The monoisotopic (exact) mass is 264 g/mol. The fourth-order valence-electron chi connectivity index (χ4n) is 3.59. The van der Waals surface area contributed by atoms with Crippen molar-refractivity contribution in [1.82, 2.24) is 0 Å². The molecular weight excluding hydrogens is 244 g/mol. The van der Waals surface area contributed by atoms with Gasteiger partial charge in [-0.2, -0.15) is 0 Å². The number of piperidine rings is 1. The minimum Gasteiger partial charge on any atom is -0.367 e. The zero-order valence-electron chi connectivity index (χ0n) is 10.9. The molecule has 98 valence electrons. The summed E-state index contributed by atoms with van der Waals surface area (Å²) in [6.07, 6.45) is 4.98. The van der Waals surface area contributed by atoms with Crippen molar-refractivity contribution in [3.8, 4) is 0 Å². The van der Waals surface area contributed by atoms with Gasteiger partial charge in [-0.05, 0) is 50.2 Å². The lowest BCUT2D eigenvalue weighted by Gasteiger charge is -2.32. The molecule has 3 rings (SSSR count). The molecule has 3 heteroatoms. The highest BCUT2D eigenvalue weighted by Gasteiger charge is 2.39. The Morgan fingerprint density at radius 2 is 2.28 bits per heavy atom. The molecule has 3 unspecified atom stereocenters. The van der Waals surface area contributed by atoms with Gasteiger partial charge in [-0.15, -0.1) is 0 Å². The second-order valence-electron chi connectivity index (χ2n) is 5.91. The van der Waals surface area contributed by atoms with Crippen LogP contribution < -0.4 is 10.6 Å². The molecule has 18 heavy (non-hydrogen) atoms. The lowest BCUT2D eigenvalue weighted by molar-refractivity contribution is 0.552. The van der Waals surface area contributed by atoms with Gasteiger partial charge >= 0.3 is 0 Å². The first-order chi connectivity index (χ1) is 8.65. The highest BCUT2D eigenvalue weighted by Crippen LogP contribution is 2.43. The van der Waals surface area contributed by atoms with E-state index in [9.17, 15) is 0 Å². The van der Waals surface area contributed by atoms with E-state index in [1.54, 1.807) is 0 Å². The first-order valence-corrected chi connectivity index (χ1v) is 7.32. The van der Waals surface area contributed by atoms with Gasteiger partial charge in [0.2, 0.25) is 0 Å². The average molecular weight is 265 g/mol. The van der Waals surface area contributed by atoms with Gasteiger partial charge in [-0.1, -0.05) is 23.7 Å². The highest BCUT2D eigenvalue weighted by atomic mass is 35.5. The van der Waals surface area contributed by atoms with Gasteiger partial charge in [0.1, 0.15) is 0 Å². The molecule has 2 N–H and O–H groups in total. The van der Waals surface area contributed by atoms with Gasteiger partial charge in [-0.3, -0.25) is 0 Å². The van der Waals surface area contributed by atoms with Crippen molar-refractivity contribution >= 4 is 17.3 Å². The van der Waals surface area contributed by atoms with Gasteiger partial charge in [-0.25, -0.2) is 0 Å². The number of nitrogens with zero attached hydrogens (tertiary/aromatic N) is 1. The standard InChI is InChI=1S/C15H21ClN2/c1-10(17)7-12-3-2-4-14(16)15(12)18-9-11-5-6-13(18)8-11/h2-4,10-11,13H,5-9,17H2,1H3. The Hall–Kier alpha value is -0.730. The zero-order valence-corrected chi connectivity index (χ0v) is 11.7. The minimum atomic E-state index is 0.182. The smallest absolute Gasteiger partial charge is 0.0642 e. The summed E-state index contributed by atoms with van der Waals surface area (Å²) in [5, 5.41) is 0.890. The summed E-state index contributed by atoms with van der Waals surface area (Å²) in [5.74, 6) is 0.884. The number of hydrogen-bond donors (Lipinski definition) is 1. The summed E-state index contributed by atoms with van der Waals surface area (Å²) < 4.78 is 0. The van der Waals surface area contributed by atoms with Crippen LogP contribution in [0.2, 0.25) is 5.02 Å². The van der Waals surface area contributed by atoms with Crippen molar-refractivity contribution in [3.63, 3.8) is 0 Å². The Bertz CT molecular complexity index is 444. The predicted octanol–water partition coefficient (Wildman–Crippen LogP) is 3.22. The maximum absolute atomic E-state index is 6.45. The van der Waals surface area contributed by atoms with E-state index in [0.29, 0.717) is 6.04 Å². The topological polar surface area (TPSA) is 29.3 Å². The number of nitrogens with two attached hydrogens (primary N) is 1. The van der Waals surface area contributed by atoms with Crippen LogP contribution in [-0.4, -0.2) is 18.6 Å². The lowest BCUT2D eigenvalue weighted by atomic mass is 10.0. The van der Waals surface area contributed by atoms with Crippen LogP contribution in [-0.2, 0) is 6.42 Å². The molecule has 2 fully saturated rings. The van der Waals surface area contributed by atoms with Crippen molar-refractivity contribution in [2.45, 2.75) is 44.7 Å². The van der Waals surface area contributed by atoms with E-state index in [0.717, 1.165) is 17.4 Å². The summed E-state index contributed by atoms with van der Waals surface area (Å²) in [6.45, 7) is 3.24.